The maximum Gasteiger partial charge on any atom is 0.307 e. The molecule has 0 radical (unpaired) electrons. The highest BCUT2D eigenvalue weighted by atomic mass is 32.2. The van der Waals surface area contributed by atoms with Gasteiger partial charge in [-0.15, -0.1) is 0 Å². The van der Waals surface area contributed by atoms with Crippen LogP contribution >= 0.6 is 11.8 Å². The third kappa shape index (κ3) is 4.14. The highest BCUT2D eigenvalue weighted by Gasteiger charge is 2.10. The molecule has 0 fully saturated rings. The first-order chi connectivity index (χ1) is 7.61. The number of nitrogen functional groups attached to an aromatic ring is 1. The van der Waals surface area contributed by atoms with Crippen molar-refractivity contribution in [3.63, 3.8) is 0 Å². The molecule has 0 aliphatic heterocycles. The van der Waals surface area contributed by atoms with Crippen molar-refractivity contribution < 1.29 is 9.90 Å². The van der Waals surface area contributed by atoms with Gasteiger partial charge in [-0.2, -0.15) is 11.8 Å². The number of anilines is 1. The van der Waals surface area contributed by atoms with Crippen LogP contribution in [0.15, 0.2) is 24.3 Å². The molecule has 16 heavy (non-hydrogen) atoms. The van der Waals surface area contributed by atoms with Gasteiger partial charge < -0.3 is 10.8 Å². The summed E-state index contributed by atoms with van der Waals surface area (Å²) in [5.41, 5.74) is 7.76. The summed E-state index contributed by atoms with van der Waals surface area (Å²) in [7, 11) is 0. The van der Waals surface area contributed by atoms with E-state index in [0.717, 1.165) is 23.4 Å². The lowest BCUT2D eigenvalue weighted by atomic mass is 10.1. The maximum absolute atomic E-state index is 10.6. The van der Waals surface area contributed by atoms with Gasteiger partial charge in [0, 0.05) is 11.4 Å². The fourth-order valence-electron chi connectivity index (χ4n) is 1.28. The zero-order valence-electron chi connectivity index (χ0n) is 9.35. The first-order valence-electron chi connectivity index (χ1n) is 5.25. The number of hydrogen-bond donors (Lipinski definition) is 2. The van der Waals surface area contributed by atoms with E-state index in [9.17, 15) is 4.79 Å². The predicted octanol–water partition coefficient (Wildman–Crippen LogP) is 2.27. The van der Waals surface area contributed by atoms with Crippen molar-refractivity contribution in [1.29, 1.82) is 0 Å². The largest absolute Gasteiger partial charge is 0.481 e. The van der Waals surface area contributed by atoms with E-state index in [1.165, 1.54) is 0 Å². The van der Waals surface area contributed by atoms with E-state index in [1.54, 1.807) is 18.7 Å². The molecule has 1 aromatic rings. The first kappa shape index (κ1) is 12.9. The molecule has 0 aliphatic carbocycles. The lowest BCUT2D eigenvalue weighted by molar-refractivity contribution is -0.140. The molecule has 1 rings (SSSR count). The van der Waals surface area contributed by atoms with Gasteiger partial charge in [-0.25, -0.2) is 0 Å². The minimum Gasteiger partial charge on any atom is -0.481 e. The molecule has 0 spiro atoms. The molecule has 1 atom stereocenters. The minimum atomic E-state index is -0.730. The van der Waals surface area contributed by atoms with Crippen LogP contribution in [0.1, 0.15) is 12.5 Å². The Hall–Kier alpha value is -1.16. The fourth-order valence-corrected chi connectivity index (χ4v) is 2.30. The number of carboxylic acids is 1. The summed E-state index contributed by atoms with van der Waals surface area (Å²) in [6, 6.07) is 7.78. The molecule has 0 amide bonds. The second-order valence-corrected chi connectivity index (χ2v) is 4.91. The lowest BCUT2D eigenvalue weighted by Gasteiger charge is -2.07. The zero-order valence-corrected chi connectivity index (χ0v) is 10.2. The Morgan fingerprint density at radius 2 is 2.19 bits per heavy atom. The van der Waals surface area contributed by atoms with Gasteiger partial charge in [0.1, 0.15) is 0 Å². The van der Waals surface area contributed by atoms with Gasteiger partial charge >= 0.3 is 5.97 Å². The number of rotatable bonds is 6. The topological polar surface area (TPSA) is 63.3 Å². The van der Waals surface area contributed by atoms with Crippen LogP contribution in [0, 0.1) is 5.92 Å². The fraction of sp³-hybridized carbons (Fsp3) is 0.417. The van der Waals surface area contributed by atoms with Crippen molar-refractivity contribution in [2.24, 2.45) is 5.92 Å². The quantitative estimate of drug-likeness (QED) is 0.590. The first-order valence-corrected chi connectivity index (χ1v) is 6.40. The normalized spacial score (nSPS) is 12.3. The molecular formula is C12H17NO2S. The van der Waals surface area contributed by atoms with Crippen LogP contribution in [-0.2, 0) is 11.2 Å². The van der Waals surface area contributed by atoms with E-state index in [1.807, 2.05) is 24.3 Å². The van der Waals surface area contributed by atoms with Gasteiger partial charge in [0.2, 0.25) is 0 Å². The van der Waals surface area contributed by atoms with Gasteiger partial charge in [0.05, 0.1) is 5.92 Å². The van der Waals surface area contributed by atoms with Gasteiger partial charge in [0.15, 0.2) is 0 Å². The Kier molecular flexibility index (Phi) is 5.19. The Morgan fingerprint density at radius 1 is 1.50 bits per heavy atom. The Labute approximate surface area is 100 Å². The van der Waals surface area contributed by atoms with Gasteiger partial charge in [-0.3, -0.25) is 4.79 Å². The SMILES string of the molecule is CC(CSCCc1ccccc1N)C(=O)O. The van der Waals surface area contributed by atoms with Crippen molar-refractivity contribution in [1.82, 2.24) is 0 Å². The zero-order chi connectivity index (χ0) is 12.0. The summed E-state index contributed by atoms with van der Waals surface area (Å²) in [5.74, 6) is 0.554. The molecule has 0 saturated carbocycles. The van der Waals surface area contributed by atoms with Crippen LogP contribution in [0.5, 0.6) is 0 Å². The molecule has 3 N–H and O–H groups in total. The van der Waals surface area contributed by atoms with Crippen molar-refractivity contribution >= 4 is 23.4 Å². The second kappa shape index (κ2) is 6.43. The van der Waals surface area contributed by atoms with E-state index < -0.39 is 5.97 Å². The Bertz CT molecular complexity index is 355. The molecule has 3 nitrogen and oxygen atoms in total. The van der Waals surface area contributed by atoms with Crippen molar-refractivity contribution in [2.75, 3.05) is 17.2 Å². The van der Waals surface area contributed by atoms with E-state index in [-0.39, 0.29) is 5.92 Å². The highest BCUT2D eigenvalue weighted by Crippen LogP contribution is 2.15. The molecule has 1 aromatic carbocycles. The number of benzene rings is 1. The van der Waals surface area contributed by atoms with Crippen LogP contribution in [0.2, 0.25) is 0 Å². The van der Waals surface area contributed by atoms with Crippen molar-refractivity contribution in [2.45, 2.75) is 13.3 Å². The summed E-state index contributed by atoms with van der Waals surface area (Å²) in [5, 5.41) is 8.71. The average Bonchev–Trinajstić information content (AvgIpc) is 2.26. The number of carboxylic acid groups (broad SMARTS) is 1. The molecule has 0 bridgehead atoms. The third-order valence-electron chi connectivity index (χ3n) is 2.36. The van der Waals surface area contributed by atoms with E-state index in [2.05, 4.69) is 0 Å². The van der Waals surface area contributed by atoms with Gasteiger partial charge in [0.25, 0.3) is 0 Å². The molecule has 0 saturated heterocycles. The molecule has 88 valence electrons. The van der Waals surface area contributed by atoms with E-state index >= 15 is 0 Å². The summed E-state index contributed by atoms with van der Waals surface area (Å²) >= 11 is 1.66. The number of carbonyl (C=O) groups is 1. The summed E-state index contributed by atoms with van der Waals surface area (Å²) < 4.78 is 0. The van der Waals surface area contributed by atoms with Crippen LogP contribution in [-0.4, -0.2) is 22.6 Å². The molecule has 4 heteroatoms. The minimum absolute atomic E-state index is 0.280. The van der Waals surface area contributed by atoms with Gasteiger partial charge in [-0.1, -0.05) is 25.1 Å². The van der Waals surface area contributed by atoms with Crippen LogP contribution in [0.25, 0.3) is 0 Å². The maximum atomic E-state index is 10.6. The van der Waals surface area contributed by atoms with E-state index in [4.69, 9.17) is 10.8 Å². The number of aliphatic carboxylic acids is 1. The number of hydrogen-bond acceptors (Lipinski definition) is 3. The van der Waals surface area contributed by atoms with Crippen LogP contribution in [0.3, 0.4) is 0 Å². The number of para-hydroxylation sites is 1. The lowest BCUT2D eigenvalue weighted by Crippen LogP contribution is -2.12. The summed E-state index contributed by atoms with van der Waals surface area (Å²) in [6.45, 7) is 1.73. The van der Waals surface area contributed by atoms with Crippen molar-refractivity contribution in [3.8, 4) is 0 Å². The number of aryl methyl sites for hydroxylation is 1. The molecule has 1 unspecified atom stereocenters. The molecule has 0 aliphatic rings. The number of nitrogens with two attached hydrogens (primary N) is 1. The molecule has 0 aromatic heterocycles. The summed E-state index contributed by atoms with van der Waals surface area (Å²) in [6.07, 6.45) is 0.893. The molecule has 0 heterocycles. The standard InChI is InChI=1S/C12H17NO2S/c1-9(12(14)15)8-16-7-6-10-4-2-3-5-11(10)13/h2-5,9H,6-8,13H2,1H3,(H,14,15). The highest BCUT2D eigenvalue weighted by molar-refractivity contribution is 7.99. The predicted molar refractivity (Wildman–Crippen MR) is 68.7 cm³/mol. The van der Waals surface area contributed by atoms with Crippen LogP contribution < -0.4 is 5.73 Å². The second-order valence-electron chi connectivity index (χ2n) is 3.76. The third-order valence-corrected chi connectivity index (χ3v) is 3.59. The van der Waals surface area contributed by atoms with Crippen molar-refractivity contribution in [3.05, 3.63) is 29.8 Å². The average molecular weight is 239 g/mol. The number of thioether (sulfide) groups is 1. The van der Waals surface area contributed by atoms with Crippen LogP contribution in [0.4, 0.5) is 5.69 Å². The Morgan fingerprint density at radius 3 is 2.81 bits per heavy atom. The van der Waals surface area contributed by atoms with E-state index in [0.29, 0.717) is 5.75 Å². The monoisotopic (exact) mass is 239 g/mol. The van der Waals surface area contributed by atoms with Gasteiger partial charge in [-0.05, 0) is 23.8 Å². The Balaban J connectivity index is 2.26. The molecular weight excluding hydrogens is 222 g/mol. The smallest absolute Gasteiger partial charge is 0.307 e. The summed E-state index contributed by atoms with van der Waals surface area (Å²) in [4.78, 5) is 10.6.